The van der Waals surface area contributed by atoms with Crippen LogP contribution in [0.5, 0.6) is 5.75 Å². The second-order valence-electron chi connectivity index (χ2n) is 6.46. The number of hydrogen-bond donors (Lipinski definition) is 3. The summed E-state index contributed by atoms with van der Waals surface area (Å²) in [6, 6.07) is 9.50. The van der Waals surface area contributed by atoms with Crippen molar-refractivity contribution in [2.45, 2.75) is 46.6 Å². The quantitative estimate of drug-likeness (QED) is 0.220. The molecule has 3 N–H and O–H groups in total. The van der Waals surface area contributed by atoms with E-state index in [1.807, 2.05) is 23.7 Å². The Morgan fingerprint density at radius 3 is 2.52 bits per heavy atom. The highest BCUT2D eigenvalue weighted by molar-refractivity contribution is 14.0. The molecule has 0 saturated carbocycles. The molecule has 2 aromatic rings. The minimum atomic E-state index is 0. The van der Waals surface area contributed by atoms with Crippen LogP contribution in [0.2, 0.25) is 0 Å². The van der Waals surface area contributed by atoms with Crippen LogP contribution in [0.3, 0.4) is 0 Å². The molecule has 0 spiro atoms. The van der Waals surface area contributed by atoms with Gasteiger partial charge in [0.2, 0.25) is 0 Å². The zero-order valence-electron chi connectivity index (χ0n) is 16.5. The molecule has 0 aliphatic carbocycles. The van der Waals surface area contributed by atoms with Gasteiger partial charge in [-0.15, -0.1) is 24.0 Å². The molecule has 7 heteroatoms. The van der Waals surface area contributed by atoms with Crippen LogP contribution in [0, 0.1) is 13.8 Å². The van der Waals surface area contributed by atoms with E-state index < -0.39 is 0 Å². The molecule has 0 aliphatic rings. The van der Waals surface area contributed by atoms with E-state index in [4.69, 9.17) is 0 Å². The van der Waals surface area contributed by atoms with Crippen molar-refractivity contribution in [2.24, 2.45) is 4.99 Å². The van der Waals surface area contributed by atoms with E-state index in [2.05, 4.69) is 40.6 Å². The van der Waals surface area contributed by atoms with Gasteiger partial charge in [-0.05, 0) is 63.8 Å². The molecule has 150 valence electrons. The number of benzene rings is 1. The third-order valence-corrected chi connectivity index (χ3v) is 4.12. The molecule has 6 nitrogen and oxygen atoms in total. The van der Waals surface area contributed by atoms with Crippen LogP contribution in [0.25, 0.3) is 0 Å². The molecule has 0 unspecified atom stereocenters. The van der Waals surface area contributed by atoms with Crippen LogP contribution in [-0.2, 0) is 13.0 Å². The lowest BCUT2D eigenvalue weighted by atomic mass is 10.1. The molecule has 0 atom stereocenters. The average Bonchev–Trinajstić information content (AvgIpc) is 2.94. The Labute approximate surface area is 179 Å². The van der Waals surface area contributed by atoms with Crippen LogP contribution in [0.1, 0.15) is 36.7 Å². The lowest BCUT2D eigenvalue weighted by Gasteiger charge is -2.11. The number of aromatic nitrogens is 2. The highest BCUT2D eigenvalue weighted by atomic mass is 127. The summed E-state index contributed by atoms with van der Waals surface area (Å²) in [7, 11) is 0. The maximum absolute atomic E-state index is 9.31. The number of halogens is 1. The lowest BCUT2D eigenvalue weighted by molar-refractivity contribution is 0.475. The maximum Gasteiger partial charge on any atom is 0.191 e. The summed E-state index contributed by atoms with van der Waals surface area (Å²) < 4.78 is 2.04. The van der Waals surface area contributed by atoms with E-state index in [0.717, 1.165) is 57.1 Å². The second kappa shape index (κ2) is 12.6. The van der Waals surface area contributed by atoms with E-state index >= 15 is 0 Å². The van der Waals surface area contributed by atoms with Crippen LogP contribution < -0.4 is 10.6 Å². The number of aliphatic imine (C=N–C) groups is 1. The van der Waals surface area contributed by atoms with Crippen molar-refractivity contribution in [3.05, 3.63) is 47.3 Å². The smallest absolute Gasteiger partial charge is 0.191 e. The van der Waals surface area contributed by atoms with Crippen LogP contribution in [0.15, 0.2) is 35.3 Å². The van der Waals surface area contributed by atoms with Crippen LogP contribution in [-0.4, -0.2) is 40.5 Å². The fraction of sp³-hybridized carbons (Fsp3) is 0.500. The second-order valence-corrected chi connectivity index (χ2v) is 6.46. The zero-order chi connectivity index (χ0) is 18.8. The van der Waals surface area contributed by atoms with Gasteiger partial charge in [0, 0.05) is 31.9 Å². The van der Waals surface area contributed by atoms with E-state index in [9.17, 15) is 5.11 Å². The normalized spacial score (nSPS) is 11.1. The van der Waals surface area contributed by atoms with E-state index in [1.165, 1.54) is 11.3 Å². The first-order valence-electron chi connectivity index (χ1n) is 9.39. The van der Waals surface area contributed by atoms with Gasteiger partial charge in [0.05, 0.1) is 5.69 Å². The number of aromatic hydroxyl groups is 1. The molecule has 0 amide bonds. The fourth-order valence-electron chi connectivity index (χ4n) is 2.82. The Morgan fingerprint density at radius 1 is 1.15 bits per heavy atom. The first-order valence-corrected chi connectivity index (χ1v) is 9.39. The number of phenols is 1. The van der Waals surface area contributed by atoms with Crippen molar-refractivity contribution >= 4 is 29.9 Å². The van der Waals surface area contributed by atoms with E-state index in [0.29, 0.717) is 5.75 Å². The molecule has 2 rings (SSSR count). The molecule has 0 fully saturated rings. The molecule has 1 heterocycles. The molecule has 27 heavy (non-hydrogen) atoms. The third kappa shape index (κ3) is 8.64. The van der Waals surface area contributed by atoms with Gasteiger partial charge in [0.25, 0.3) is 0 Å². The van der Waals surface area contributed by atoms with Gasteiger partial charge in [0.15, 0.2) is 5.96 Å². The number of aryl methyl sites for hydroxylation is 4. The summed E-state index contributed by atoms with van der Waals surface area (Å²) >= 11 is 0. The predicted molar refractivity (Wildman–Crippen MR) is 122 cm³/mol. The van der Waals surface area contributed by atoms with Gasteiger partial charge in [-0.1, -0.05) is 12.1 Å². The Hall–Kier alpha value is -1.77. The zero-order valence-corrected chi connectivity index (χ0v) is 18.9. The lowest BCUT2D eigenvalue weighted by Crippen LogP contribution is -2.38. The Bertz CT molecular complexity index is 697. The highest BCUT2D eigenvalue weighted by Gasteiger charge is 2.01. The number of phenolic OH excluding ortho intramolecular Hbond substituents is 1. The van der Waals surface area contributed by atoms with Crippen LogP contribution in [0.4, 0.5) is 0 Å². The Balaban J connectivity index is 0.00000364. The Kier molecular flexibility index (Phi) is 10.8. The topological polar surface area (TPSA) is 74.5 Å². The number of nitrogens with one attached hydrogen (secondary N) is 2. The van der Waals surface area contributed by atoms with Gasteiger partial charge in [-0.25, -0.2) is 0 Å². The van der Waals surface area contributed by atoms with Gasteiger partial charge < -0.3 is 15.7 Å². The van der Waals surface area contributed by atoms with Crippen molar-refractivity contribution in [3.8, 4) is 5.75 Å². The van der Waals surface area contributed by atoms with Gasteiger partial charge in [0.1, 0.15) is 5.75 Å². The van der Waals surface area contributed by atoms with Crippen molar-refractivity contribution in [1.29, 1.82) is 0 Å². The van der Waals surface area contributed by atoms with Gasteiger partial charge in [-0.2, -0.15) is 5.10 Å². The predicted octanol–water partition coefficient (Wildman–Crippen LogP) is 3.40. The summed E-state index contributed by atoms with van der Waals surface area (Å²) in [4.78, 5) is 4.64. The largest absolute Gasteiger partial charge is 0.508 e. The summed E-state index contributed by atoms with van der Waals surface area (Å²) in [6.45, 7) is 9.56. The van der Waals surface area contributed by atoms with Gasteiger partial charge in [-0.3, -0.25) is 9.67 Å². The maximum atomic E-state index is 9.31. The third-order valence-electron chi connectivity index (χ3n) is 4.12. The fourth-order valence-corrected chi connectivity index (χ4v) is 2.82. The summed E-state index contributed by atoms with van der Waals surface area (Å²) in [5, 5.41) is 20.5. The molecular formula is C20H32IN5O. The molecule has 1 aromatic heterocycles. The minimum Gasteiger partial charge on any atom is -0.508 e. The van der Waals surface area contributed by atoms with Crippen molar-refractivity contribution < 1.29 is 5.11 Å². The Morgan fingerprint density at radius 2 is 1.89 bits per heavy atom. The summed E-state index contributed by atoms with van der Waals surface area (Å²) in [6.07, 6.45) is 2.96. The summed E-state index contributed by atoms with van der Waals surface area (Å²) in [5.41, 5.74) is 3.50. The number of hydrogen-bond acceptors (Lipinski definition) is 3. The average molecular weight is 485 g/mol. The number of nitrogens with zero attached hydrogens (tertiary/aromatic N) is 3. The first kappa shape index (κ1) is 23.3. The van der Waals surface area contributed by atoms with Gasteiger partial charge >= 0.3 is 0 Å². The molecular weight excluding hydrogens is 453 g/mol. The molecule has 0 radical (unpaired) electrons. The van der Waals surface area contributed by atoms with Crippen molar-refractivity contribution in [1.82, 2.24) is 20.4 Å². The highest BCUT2D eigenvalue weighted by Crippen LogP contribution is 2.10. The number of guanidine groups is 1. The monoisotopic (exact) mass is 485 g/mol. The molecule has 0 aliphatic heterocycles. The number of rotatable bonds is 9. The van der Waals surface area contributed by atoms with Crippen LogP contribution >= 0.6 is 24.0 Å². The minimum absolute atomic E-state index is 0. The SMILES string of the molecule is CCNC(=NCCCn1nc(C)cc1C)NCCCc1ccc(O)cc1.I. The molecule has 0 bridgehead atoms. The summed E-state index contributed by atoms with van der Waals surface area (Å²) in [5.74, 6) is 1.18. The van der Waals surface area contributed by atoms with E-state index in [1.54, 1.807) is 12.1 Å². The molecule has 1 aromatic carbocycles. The van der Waals surface area contributed by atoms with E-state index in [-0.39, 0.29) is 24.0 Å². The standard InChI is InChI=1S/C20H31N5O.HI/c1-4-21-20(22-12-5-7-18-8-10-19(26)11-9-18)23-13-6-14-25-17(3)15-16(2)24-25;/h8-11,15,26H,4-7,12-14H2,1-3H3,(H2,21,22,23);1H. The van der Waals surface area contributed by atoms with Crippen molar-refractivity contribution in [3.63, 3.8) is 0 Å². The van der Waals surface area contributed by atoms with Crippen molar-refractivity contribution in [2.75, 3.05) is 19.6 Å². The first-order chi connectivity index (χ1) is 12.6. The molecule has 0 saturated heterocycles.